The van der Waals surface area contributed by atoms with Gasteiger partial charge in [0, 0.05) is 13.1 Å². The predicted molar refractivity (Wildman–Crippen MR) is 77.1 cm³/mol. The first-order chi connectivity index (χ1) is 9.01. The quantitative estimate of drug-likeness (QED) is 0.771. The molecule has 0 radical (unpaired) electrons. The van der Waals surface area contributed by atoms with Gasteiger partial charge in [-0.2, -0.15) is 5.10 Å². The molecule has 0 bridgehead atoms. The fraction of sp³-hybridized carbons (Fsp3) is 0.692. The van der Waals surface area contributed by atoms with E-state index in [0.29, 0.717) is 17.9 Å². The van der Waals surface area contributed by atoms with E-state index in [1.807, 2.05) is 27.9 Å². The van der Waals surface area contributed by atoms with Gasteiger partial charge >= 0.3 is 0 Å². The average molecular weight is 267 g/mol. The monoisotopic (exact) mass is 267 g/mol. The molecule has 0 unspecified atom stereocenters. The molecule has 1 aromatic rings. The fourth-order valence-corrected chi connectivity index (χ4v) is 1.95. The first-order valence-corrected chi connectivity index (χ1v) is 6.77. The summed E-state index contributed by atoms with van der Waals surface area (Å²) in [6.45, 7) is 6.30. The SMILES string of the molecule is CCc1[nH]nc(C(=O)N(CC)CCCN(C)C)c1N. The van der Waals surface area contributed by atoms with Crippen LogP contribution >= 0.6 is 0 Å². The average Bonchev–Trinajstić information content (AvgIpc) is 2.74. The highest BCUT2D eigenvalue weighted by Gasteiger charge is 2.21. The maximum Gasteiger partial charge on any atom is 0.276 e. The zero-order chi connectivity index (χ0) is 14.4. The number of carbonyl (C=O) groups is 1. The van der Waals surface area contributed by atoms with E-state index in [-0.39, 0.29) is 5.91 Å². The van der Waals surface area contributed by atoms with Gasteiger partial charge in [-0.3, -0.25) is 9.89 Å². The Balaban J connectivity index is 2.69. The number of aryl methyl sites for hydroxylation is 1. The second-order valence-corrected chi connectivity index (χ2v) is 4.86. The summed E-state index contributed by atoms with van der Waals surface area (Å²) in [5.74, 6) is -0.0882. The minimum absolute atomic E-state index is 0.0882. The van der Waals surface area contributed by atoms with Gasteiger partial charge in [-0.15, -0.1) is 0 Å². The predicted octanol–water partition coefficient (Wildman–Crippen LogP) is 0.968. The van der Waals surface area contributed by atoms with Crippen LogP contribution in [0.4, 0.5) is 5.69 Å². The van der Waals surface area contributed by atoms with Gasteiger partial charge < -0.3 is 15.5 Å². The highest BCUT2D eigenvalue weighted by Crippen LogP contribution is 2.16. The van der Waals surface area contributed by atoms with E-state index in [4.69, 9.17) is 5.73 Å². The van der Waals surface area contributed by atoms with E-state index in [0.717, 1.165) is 31.6 Å². The molecular weight excluding hydrogens is 242 g/mol. The van der Waals surface area contributed by atoms with Crippen molar-refractivity contribution in [1.82, 2.24) is 20.0 Å². The van der Waals surface area contributed by atoms with E-state index in [1.54, 1.807) is 4.90 Å². The van der Waals surface area contributed by atoms with Gasteiger partial charge in [0.1, 0.15) is 0 Å². The van der Waals surface area contributed by atoms with Crippen molar-refractivity contribution < 1.29 is 4.79 Å². The Labute approximate surface area is 114 Å². The molecule has 0 saturated carbocycles. The molecule has 0 saturated heterocycles. The molecule has 1 aromatic heterocycles. The van der Waals surface area contributed by atoms with Crippen molar-refractivity contribution in [2.75, 3.05) is 39.5 Å². The van der Waals surface area contributed by atoms with Gasteiger partial charge in [-0.1, -0.05) is 6.92 Å². The summed E-state index contributed by atoms with van der Waals surface area (Å²) in [7, 11) is 4.05. The molecule has 0 aliphatic rings. The summed E-state index contributed by atoms with van der Waals surface area (Å²) >= 11 is 0. The molecule has 0 aliphatic heterocycles. The zero-order valence-corrected chi connectivity index (χ0v) is 12.4. The molecule has 1 rings (SSSR count). The third kappa shape index (κ3) is 3.96. The third-order valence-corrected chi connectivity index (χ3v) is 3.14. The van der Waals surface area contributed by atoms with Crippen LogP contribution in [-0.2, 0) is 6.42 Å². The van der Waals surface area contributed by atoms with E-state index in [9.17, 15) is 4.79 Å². The van der Waals surface area contributed by atoms with Crippen LogP contribution in [0.2, 0.25) is 0 Å². The molecule has 0 aliphatic carbocycles. The second-order valence-electron chi connectivity index (χ2n) is 4.86. The van der Waals surface area contributed by atoms with Gasteiger partial charge in [-0.05, 0) is 40.4 Å². The zero-order valence-electron chi connectivity index (χ0n) is 12.4. The van der Waals surface area contributed by atoms with Crippen molar-refractivity contribution in [3.05, 3.63) is 11.4 Å². The Hall–Kier alpha value is -1.56. The lowest BCUT2D eigenvalue weighted by Crippen LogP contribution is -2.34. The maximum absolute atomic E-state index is 12.4. The Morgan fingerprint density at radius 1 is 1.32 bits per heavy atom. The van der Waals surface area contributed by atoms with Crippen molar-refractivity contribution in [3.63, 3.8) is 0 Å². The first-order valence-electron chi connectivity index (χ1n) is 6.77. The van der Waals surface area contributed by atoms with Gasteiger partial charge in [0.2, 0.25) is 0 Å². The molecule has 1 amide bonds. The number of anilines is 1. The molecule has 6 nitrogen and oxygen atoms in total. The van der Waals surface area contributed by atoms with E-state index < -0.39 is 0 Å². The number of nitrogens with two attached hydrogens (primary N) is 1. The minimum atomic E-state index is -0.0882. The number of amides is 1. The molecular formula is C13H25N5O. The standard InChI is InChI=1S/C13H25N5O/c1-5-10-11(14)12(16-15-10)13(19)18(6-2)9-7-8-17(3)4/h5-9,14H2,1-4H3,(H,15,16). The van der Waals surface area contributed by atoms with Crippen LogP contribution in [0.5, 0.6) is 0 Å². The summed E-state index contributed by atoms with van der Waals surface area (Å²) in [5, 5.41) is 6.87. The van der Waals surface area contributed by atoms with Crippen LogP contribution in [0.25, 0.3) is 0 Å². The van der Waals surface area contributed by atoms with E-state index >= 15 is 0 Å². The molecule has 1 heterocycles. The lowest BCUT2D eigenvalue weighted by atomic mass is 10.2. The van der Waals surface area contributed by atoms with E-state index in [2.05, 4.69) is 15.1 Å². The number of rotatable bonds is 7. The maximum atomic E-state index is 12.4. The largest absolute Gasteiger partial charge is 0.395 e. The van der Waals surface area contributed by atoms with Crippen LogP contribution < -0.4 is 5.73 Å². The van der Waals surface area contributed by atoms with Crippen LogP contribution in [0, 0.1) is 0 Å². The van der Waals surface area contributed by atoms with Gasteiger partial charge in [0.15, 0.2) is 5.69 Å². The van der Waals surface area contributed by atoms with Crippen molar-refractivity contribution in [2.24, 2.45) is 0 Å². The molecule has 0 spiro atoms. The molecule has 0 aromatic carbocycles. The number of nitrogens with one attached hydrogen (secondary N) is 1. The number of nitrogens with zero attached hydrogens (tertiary/aromatic N) is 3. The molecule has 0 fully saturated rings. The van der Waals surface area contributed by atoms with E-state index in [1.165, 1.54) is 0 Å². The van der Waals surface area contributed by atoms with Crippen LogP contribution in [0.1, 0.15) is 36.5 Å². The third-order valence-electron chi connectivity index (χ3n) is 3.14. The lowest BCUT2D eigenvalue weighted by Gasteiger charge is -2.21. The Morgan fingerprint density at radius 2 is 2.00 bits per heavy atom. The number of hydrogen-bond acceptors (Lipinski definition) is 4. The van der Waals surface area contributed by atoms with Crippen molar-refractivity contribution >= 4 is 11.6 Å². The Kier molecular flexibility index (Phi) is 5.82. The highest BCUT2D eigenvalue weighted by molar-refractivity contribution is 5.97. The number of hydrogen-bond donors (Lipinski definition) is 2. The highest BCUT2D eigenvalue weighted by atomic mass is 16.2. The Bertz CT molecular complexity index is 413. The summed E-state index contributed by atoms with van der Waals surface area (Å²) < 4.78 is 0. The summed E-state index contributed by atoms with van der Waals surface area (Å²) in [5.41, 5.74) is 7.60. The van der Waals surface area contributed by atoms with Crippen LogP contribution in [-0.4, -0.2) is 59.6 Å². The molecule has 0 atom stereocenters. The van der Waals surface area contributed by atoms with Gasteiger partial charge in [-0.25, -0.2) is 0 Å². The summed E-state index contributed by atoms with van der Waals surface area (Å²) in [4.78, 5) is 16.2. The normalized spacial score (nSPS) is 11.0. The topological polar surface area (TPSA) is 78.2 Å². The molecule has 19 heavy (non-hydrogen) atoms. The van der Waals surface area contributed by atoms with Crippen molar-refractivity contribution in [2.45, 2.75) is 26.7 Å². The van der Waals surface area contributed by atoms with Crippen LogP contribution in [0.3, 0.4) is 0 Å². The Morgan fingerprint density at radius 3 is 2.47 bits per heavy atom. The number of nitrogen functional groups attached to an aromatic ring is 1. The number of H-pyrrole nitrogens is 1. The number of aromatic amines is 1. The minimum Gasteiger partial charge on any atom is -0.395 e. The first kappa shape index (κ1) is 15.5. The van der Waals surface area contributed by atoms with Crippen molar-refractivity contribution in [1.29, 1.82) is 0 Å². The molecule has 108 valence electrons. The number of carbonyl (C=O) groups excluding carboxylic acids is 1. The fourth-order valence-electron chi connectivity index (χ4n) is 1.95. The summed E-state index contributed by atoms with van der Waals surface area (Å²) in [6, 6.07) is 0. The molecule has 6 heteroatoms. The summed E-state index contributed by atoms with van der Waals surface area (Å²) in [6.07, 6.45) is 1.69. The lowest BCUT2D eigenvalue weighted by molar-refractivity contribution is 0.0754. The molecule has 3 N–H and O–H groups in total. The van der Waals surface area contributed by atoms with Crippen LogP contribution in [0.15, 0.2) is 0 Å². The smallest absolute Gasteiger partial charge is 0.276 e. The van der Waals surface area contributed by atoms with Crippen molar-refractivity contribution in [3.8, 4) is 0 Å². The number of aromatic nitrogens is 2. The van der Waals surface area contributed by atoms with Gasteiger partial charge in [0.25, 0.3) is 5.91 Å². The van der Waals surface area contributed by atoms with Gasteiger partial charge in [0.05, 0.1) is 11.4 Å². The second kappa shape index (κ2) is 7.13.